The Kier molecular flexibility index (Phi) is 2.63. The lowest BCUT2D eigenvalue weighted by atomic mass is 10.1. The molecule has 0 atom stereocenters. The summed E-state index contributed by atoms with van der Waals surface area (Å²) in [6.45, 7) is 2.06. The molecule has 0 unspecified atom stereocenters. The highest BCUT2D eigenvalue weighted by Crippen LogP contribution is 2.31. The van der Waals surface area contributed by atoms with E-state index < -0.39 is 0 Å². The highest BCUT2D eigenvalue weighted by Gasteiger charge is 2.20. The largest absolute Gasteiger partial charge is 0.507 e. The quantitative estimate of drug-likeness (QED) is 0.804. The Hall–Kier alpha value is -2.09. The molecule has 1 N–H and O–H groups in total. The van der Waals surface area contributed by atoms with Gasteiger partial charge in [0.25, 0.3) is 0 Å². The number of aromatic hydroxyl groups is 1. The monoisotopic (exact) mass is 237 g/mol. The lowest BCUT2D eigenvalue weighted by molar-refractivity contribution is 0.474. The molecular formula is C16H15NO. The Morgan fingerprint density at radius 2 is 1.78 bits per heavy atom. The maximum absolute atomic E-state index is 9.94. The second-order valence-corrected chi connectivity index (χ2v) is 4.71. The maximum Gasteiger partial charge on any atom is 0.124 e. The van der Waals surface area contributed by atoms with Crippen molar-refractivity contribution in [3.8, 4) is 5.75 Å². The van der Waals surface area contributed by atoms with E-state index >= 15 is 0 Å². The summed E-state index contributed by atoms with van der Waals surface area (Å²) in [5.41, 5.74) is 5.30. The van der Waals surface area contributed by atoms with E-state index in [4.69, 9.17) is 0 Å². The molecule has 0 spiro atoms. The molecule has 2 nitrogen and oxygen atoms in total. The molecule has 0 aliphatic heterocycles. The fourth-order valence-corrected chi connectivity index (χ4v) is 2.39. The molecule has 1 aliphatic rings. The van der Waals surface area contributed by atoms with Crippen LogP contribution in [0.1, 0.15) is 23.1 Å². The minimum absolute atomic E-state index is 0.343. The number of benzene rings is 2. The summed E-state index contributed by atoms with van der Waals surface area (Å²) in [4.78, 5) is 4.66. The fraction of sp³-hybridized carbons (Fsp3) is 0.188. The van der Waals surface area contributed by atoms with Crippen LogP contribution in [0, 0.1) is 6.92 Å². The summed E-state index contributed by atoms with van der Waals surface area (Å²) < 4.78 is 0. The summed E-state index contributed by atoms with van der Waals surface area (Å²) in [7, 11) is 0. The molecule has 0 saturated carbocycles. The standard InChI is InChI=1S/C16H15NO/c1-11-5-8-13(9-6-11)17-14-10-7-12-3-2-4-15(18)16(12)14/h2-6,8-9,18H,7,10H2,1H3. The molecular weight excluding hydrogens is 222 g/mol. The molecule has 18 heavy (non-hydrogen) atoms. The predicted molar refractivity (Wildman–Crippen MR) is 73.8 cm³/mol. The number of phenolic OH excluding ortho intramolecular Hbond substituents is 1. The second-order valence-electron chi connectivity index (χ2n) is 4.71. The summed E-state index contributed by atoms with van der Waals surface area (Å²) in [6, 6.07) is 13.8. The molecule has 0 aromatic heterocycles. The van der Waals surface area contributed by atoms with E-state index in [0.29, 0.717) is 5.75 Å². The number of aliphatic imine (C=N–C) groups is 1. The van der Waals surface area contributed by atoms with Crippen LogP contribution < -0.4 is 0 Å². The number of phenols is 1. The highest BCUT2D eigenvalue weighted by molar-refractivity contribution is 6.07. The van der Waals surface area contributed by atoms with Gasteiger partial charge in [-0.2, -0.15) is 0 Å². The minimum atomic E-state index is 0.343. The molecule has 0 amide bonds. The van der Waals surface area contributed by atoms with Crippen molar-refractivity contribution in [1.82, 2.24) is 0 Å². The molecule has 0 radical (unpaired) electrons. The molecule has 0 saturated heterocycles. The average molecular weight is 237 g/mol. The number of fused-ring (bicyclic) bond motifs is 1. The van der Waals surface area contributed by atoms with Crippen LogP contribution >= 0.6 is 0 Å². The first kappa shape index (κ1) is 11.0. The van der Waals surface area contributed by atoms with Crippen LogP contribution in [-0.2, 0) is 6.42 Å². The Labute approximate surface area is 107 Å². The molecule has 0 bridgehead atoms. The second kappa shape index (κ2) is 4.30. The van der Waals surface area contributed by atoms with Gasteiger partial charge in [0.2, 0.25) is 0 Å². The predicted octanol–water partition coefficient (Wildman–Crippen LogP) is 3.77. The minimum Gasteiger partial charge on any atom is -0.507 e. The van der Waals surface area contributed by atoms with E-state index in [0.717, 1.165) is 29.8 Å². The SMILES string of the molecule is Cc1ccc(N=C2CCc3cccc(O)c32)cc1. The van der Waals surface area contributed by atoms with Gasteiger partial charge in [0, 0.05) is 5.56 Å². The van der Waals surface area contributed by atoms with E-state index in [1.165, 1.54) is 11.1 Å². The van der Waals surface area contributed by atoms with Gasteiger partial charge in [0.05, 0.1) is 11.4 Å². The normalized spacial score (nSPS) is 15.9. The van der Waals surface area contributed by atoms with Crippen molar-refractivity contribution in [1.29, 1.82) is 0 Å². The van der Waals surface area contributed by atoms with Gasteiger partial charge in [-0.25, -0.2) is 0 Å². The molecule has 2 heteroatoms. The van der Waals surface area contributed by atoms with E-state index in [9.17, 15) is 5.11 Å². The number of hydrogen-bond donors (Lipinski definition) is 1. The summed E-state index contributed by atoms with van der Waals surface area (Å²) >= 11 is 0. The molecule has 90 valence electrons. The molecule has 3 rings (SSSR count). The van der Waals surface area contributed by atoms with Crippen molar-refractivity contribution in [2.45, 2.75) is 19.8 Å². The summed E-state index contributed by atoms with van der Waals surface area (Å²) in [5, 5.41) is 9.94. The third kappa shape index (κ3) is 1.90. The zero-order chi connectivity index (χ0) is 12.5. The molecule has 2 aromatic carbocycles. The Morgan fingerprint density at radius 1 is 1.00 bits per heavy atom. The van der Waals surface area contributed by atoms with Crippen LogP contribution in [0.15, 0.2) is 47.5 Å². The Bertz CT molecular complexity index is 611. The van der Waals surface area contributed by atoms with Gasteiger partial charge in [-0.15, -0.1) is 0 Å². The third-order valence-electron chi connectivity index (χ3n) is 3.35. The van der Waals surface area contributed by atoms with Crippen molar-refractivity contribution in [2.75, 3.05) is 0 Å². The zero-order valence-corrected chi connectivity index (χ0v) is 10.4. The van der Waals surface area contributed by atoms with Gasteiger partial charge in [-0.3, -0.25) is 4.99 Å². The van der Waals surface area contributed by atoms with Gasteiger partial charge in [0.15, 0.2) is 0 Å². The summed E-state index contributed by atoms with van der Waals surface area (Å²) in [5.74, 6) is 0.343. The number of aryl methyl sites for hydroxylation is 2. The van der Waals surface area contributed by atoms with Gasteiger partial charge in [0.1, 0.15) is 5.75 Å². The van der Waals surface area contributed by atoms with Crippen LogP contribution in [0.2, 0.25) is 0 Å². The molecule has 0 fully saturated rings. The third-order valence-corrected chi connectivity index (χ3v) is 3.35. The van der Waals surface area contributed by atoms with Crippen molar-refractivity contribution >= 4 is 11.4 Å². The first-order valence-electron chi connectivity index (χ1n) is 6.19. The maximum atomic E-state index is 9.94. The van der Waals surface area contributed by atoms with Crippen LogP contribution in [0.5, 0.6) is 5.75 Å². The van der Waals surface area contributed by atoms with Crippen LogP contribution in [0.4, 0.5) is 5.69 Å². The van der Waals surface area contributed by atoms with Gasteiger partial charge in [-0.1, -0.05) is 29.8 Å². The summed E-state index contributed by atoms with van der Waals surface area (Å²) in [6.07, 6.45) is 1.87. The zero-order valence-electron chi connectivity index (χ0n) is 10.4. The van der Waals surface area contributed by atoms with Crippen molar-refractivity contribution in [3.63, 3.8) is 0 Å². The van der Waals surface area contributed by atoms with Crippen molar-refractivity contribution in [3.05, 3.63) is 59.2 Å². The van der Waals surface area contributed by atoms with E-state index in [2.05, 4.69) is 30.1 Å². The smallest absolute Gasteiger partial charge is 0.124 e. The Morgan fingerprint density at radius 3 is 2.56 bits per heavy atom. The van der Waals surface area contributed by atoms with Gasteiger partial charge in [-0.05, 0) is 43.5 Å². The first-order chi connectivity index (χ1) is 8.74. The van der Waals surface area contributed by atoms with E-state index in [1.54, 1.807) is 6.07 Å². The topological polar surface area (TPSA) is 32.6 Å². The Balaban J connectivity index is 2.04. The lowest BCUT2D eigenvalue weighted by Crippen LogP contribution is -1.94. The van der Waals surface area contributed by atoms with Crippen molar-refractivity contribution in [2.24, 2.45) is 4.99 Å². The van der Waals surface area contributed by atoms with Gasteiger partial charge >= 0.3 is 0 Å². The van der Waals surface area contributed by atoms with E-state index in [1.807, 2.05) is 18.2 Å². The molecule has 1 aliphatic carbocycles. The average Bonchev–Trinajstić information content (AvgIpc) is 2.77. The lowest BCUT2D eigenvalue weighted by Gasteiger charge is -2.03. The van der Waals surface area contributed by atoms with Crippen molar-refractivity contribution < 1.29 is 5.11 Å². The first-order valence-corrected chi connectivity index (χ1v) is 6.19. The molecule has 2 aromatic rings. The van der Waals surface area contributed by atoms with Crippen LogP contribution in [0.3, 0.4) is 0 Å². The fourth-order valence-electron chi connectivity index (χ4n) is 2.39. The molecule has 0 heterocycles. The number of nitrogens with zero attached hydrogens (tertiary/aromatic N) is 1. The highest BCUT2D eigenvalue weighted by atomic mass is 16.3. The number of hydrogen-bond acceptors (Lipinski definition) is 2. The van der Waals surface area contributed by atoms with Crippen LogP contribution in [0.25, 0.3) is 0 Å². The van der Waals surface area contributed by atoms with Crippen LogP contribution in [-0.4, -0.2) is 10.8 Å². The number of rotatable bonds is 1. The van der Waals surface area contributed by atoms with E-state index in [-0.39, 0.29) is 0 Å². The van der Waals surface area contributed by atoms with Gasteiger partial charge < -0.3 is 5.11 Å².